The molecule has 2 rings (SSSR count). The third-order valence-corrected chi connectivity index (χ3v) is 4.46. The van der Waals surface area contributed by atoms with Gasteiger partial charge in [-0.1, -0.05) is 39.5 Å². The number of benzene rings is 1. The van der Waals surface area contributed by atoms with Gasteiger partial charge < -0.3 is 10.2 Å². The van der Waals surface area contributed by atoms with Crippen LogP contribution in [0, 0.1) is 0 Å². The molecular weight excluding hydrogens is 303 g/mol. The van der Waals surface area contributed by atoms with Gasteiger partial charge in [0.15, 0.2) is 6.29 Å². The summed E-state index contributed by atoms with van der Waals surface area (Å²) in [7, 11) is 0. The molecule has 2 aromatic rings. The summed E-state index contributed by atoms with van der Waals surface area (Å²) < 4.78 is 4.26. The van der Waals surface area contributed by atoms with E-state index in [1.807, 2.05) is 0 Å². The van der Waals surface area contributed by atoms with Gasteiger partial charge in [0.25, 0.3) is 0 Å². The molecule has 4 nitrogen and oxygen atoms in total. The van der Waals surface area contributed by atoms with Crippen molar-refractivity contribution in [3.63, 3.8) is 0 Å². The first-order valence-corrected chi connectivity index (χ1v) is 6.74. The Balaban J connectivity index is 2.28. The summed E-state index contributed by atoms with van der Waals surface area (Å²) in [6.45, 7) is 0. The molecule has 0 unspecified atom stereocenters. The van der Waals surface area contributed by atoms with Crippen molar-refractivity contribution in [3.05, 3.63) is 33.9 Å². The lowest BCUT2D eigenvalue weighted by atomic mass is 10.4. The van der Waals surface area contributed by atoms with Gasteiger partial charge in [-0.05, 0) is 29.7 Å². The Bertz CT molecular complexity index is 533. The molecule has 2 N–H and O–H groups in total. The van der Waals surface area contributed by atoms with Crippen molar-refractivity contribution < 1.29 is 10.2 Å². The molecular formula is C9H6Cl2N2O2S2. The Morgan fingerprint density at radius 3 is 2.71 bits per heavy atom. The number of nitrogens with zero attached hydrogens (tertiary/aromatic N) is 2. The van der Waals surface area contributed by atoms with Crippen LogP contribution in [0.3, 0.4) is 0 Å². The minimum Gasteiger partial charge on any atom is -0.363 e. The van der Waals surface area contributed by atoms with E-state index >= 15 is 0 Å². The summed E-state index contributed by atoms with van der Waals surface area (Å²) in [6.07, 6.45) is -1.64. The molecule has 1 aromatic carbocycles. The lowest BCUT2D eigenvalue weighted by molar-refractivity contribution is -0.0477. The van der Waals surface area contributed by atoms with Gasteiger partial charge in [0.1, 0.15) is 9.90 Å². The maximum absolute atomic E-state index is 9.08. The molecule has 1 aromatic heterocycles. The number of hydrogen-bond donors (Lipinski definition) is 2. The van der Waals surface area contributed by atoms with Gasteiger partial charge in [-0.25, -0.2) is 0 Å². The van der Waals surface area contributed by atoms with E-state index in [1.54, 1.807) is 18.2 Å². The van der Waals surface area contributed by atoms with E-state index in [0.717, 1.165) is 16.4 Å². The summed E-state index contributed by atoms with van der Waals surface area (Å²) in [4.78, 5) is 0.754. The first-order valence-electron chi connectivity index (χ1n) is 4.39. The van der Waals surface area contributed by atoms with Crippen molar-refractivity contribution in [3.8, 4) is 0 Å². The summed E-state index contributed by atoms with van der Waals surface area (Å²) in [5, 5.41) is 22.8. The standard InChI is InChI=1S/C9H6Cl2N2O2S2/c10-4-1-2-6(5(11)3-4)16-9-7(8(14)15)12-13-17-9/h1-3,8,14-15H. The van der Waals surface area contributed by atoms with Gasteiger partial charge in [0.2, 0.25) is 0 Å². The predicted molar refractivity (Wildman–Crippen MR) is 67.7 cm³/mol. The lowest BCUT2D eigenvalue weighted by Gasteiger charge is -2.04. The van der Waals surface area contributed by atoms with Crippen molar-refractivity contribution in [1.29, 1.82) is 0 Å². The molecule has 0 fully saturated rings. The third kappa shape index (κ3) is 3.09. The number of hydrogen-bond acceptors (Lipinski definition) is 6. The smallest absolute Gasteiger partial charge is 0.200 e. The van der Waals surface area contributed by atoms with Crippen molar-refractivity contribution in [2.24, 2.45) is 0 Å². The van der Waals surface area contributed by atoms with Crippen LogP contribution in [0.25, 0.3) is 0 Å². The van der Waals surface area contributed by atoms with Crippen LogP contribution < -0.4 is 0 Å². The van der Waals surface area contributed by atoms with Gasteiger partial charge in [-0.2, -0.15) is 0 Å². The van der Waals surface area contributed by atoms with Crippen LogP contribution >= 0.6 is 46.5 Å². The number of rotatable bonds is 3. The first kappa shape index (κ1) is 13.1. The summed E-state index contributed by atoms with van der Waals surface area (Å²) in [6, 6.07) is 5.08. The molecule has 0 spiro atoms. The highest BCUT2D eigenvalue weighted by Crippen LogP contribution is 2.38. The van der Waals surface area contributed by atoms with E-state index < -0.39 is 6.29 Å². The molecule has 0 bridgehead atoms. The number of aliphatic hydroxyl groups excluding tert-OH is 1. The molecule has 0 aliphatic heterocycles. The second-order valence-corrected chi connectivity index (χ2v) is 5.90. The second-order valence-electron chi connectivity index (χ2n) is 3.00. The minimum absolute atomic E-state index is 0.131. The highest BCUT2D eigenvalue weighted by atomic mass is 35.5. The quantitative estimate of drug-likeness (QED) is 0.853. The Kier molecular flexibility index (Phi) is 4.24. The second kappa shape index (κ2) is 5.51. The van der Waals surface area contributed by atoms with E-state index in [2.05, 4.69) is 9.59 Å². The fourth-order valence-electron chi connectivity index (χ4n) is 1.07. The topological polar surface area (TPSA) is 66.2 Å². The molecule has 0 saturated heterocycles. The first-order chi connectivity index (χ1) is 8.08. The number of aromatic nitrogens is 2. The minimum atomic E-state index is -1.64. The average Bonchev–Trinajstić information content (AvgIpc) is 2.70. The zero-order valence-corrected chi connectivity index (χ0v) is 11.3. The average molecular weight is 309 g/mol. The number of halogens is 2. The van der Waals surface area contributed by atoms with Crippen LogP contribution in [-0.2, 0) is 0 Å². The summed E-state index contributed by atoms with van der Waals surface area (Å²) in [5.74, 6) is 0. The van der Waals surface area contributed by atoms with Crippen LogP contribution in [0.4, 0.5) is 0 Å². The monoisotopic (exact) mass is 308 g/mol. The lowest BCUT2D eigenvalue weighted by Crippen LogP contribution is -1.96. The van der Waals surface area contributed by atoms with E-state index in [9.17, 15) is 0 Å². The van der Waals surface area contributed by atoms with E-state index in [4.69, 9.17) is 33.4 Å². The van der Waals surface area contributed by atoms with Crippen LogP contribution in [0.2, 0.25) is 10.0 Å². The van der Waals surface area contributed by atoms with Crippen molar-refractivity contribution in [1.82, 2.24) is 9.59 Å². The molecule has 0 aliphatic carbocycles. The SMILES string of the molecule is OC(O)c1nnsc1Sc1ccc(Cl)cc1Cl. The van der Waals surface area contributed by atoms with Gasteiger partial charge >= 0.3 is 0 Å². The summed E-state index contributed by atoms with van der Waals surface area (Å²) in [5.41, 5.74) is 0.131. The fourth-order valence-corrected chi connectivity index (χ4v) is 3.30. The predicted octanol–water partition coefficient (Wildman–Crippen LogP) is 2.98. The van der Waals surface area contributed by atoms with Crippen LogP contribution in [0.15, 0.2) is 27.3 Å². The van der Waals surface area contributed by atoms with Crippen molar-refractivity contribution in [2.75, 3.05) is 0 Å². The number of aliphatic hydroxyl groups is 2. The van der Waals surface area contributed by atoms with Gasteiger partial charge in [-0.3, -0.25) is 0 Å². The maximum atomic E-state index is 9.08. The van der Waals surface area contributed by atoms with Crippen LogP contribution in [0.1, 0.15) is 12.0 Å². The maximum Gasteiger partial charge on any atom is 0.200 e. The highest BCUT2D eigenvalue weighted by Gasteiger charge is 2.16. The molecule has 17 heavy (non-hydrogen) atoms. The van der Waals surface area contributed by atoms with Crippen LogP contribution in [0.5, 0.6) is 0 Å². The molecule has 1 heterocycles. The zero-order chi connectivity index (χ0) is 12.4. The largest absolute Gasteiger partial charge is 0.363 e. The van der Waals surface area contributed by atoms with Crippen LogP contribution in [-0.4, -0.2) is 19.8 Å². The zero-order valence-electron chi connectivity index (χ0n) is 8.17. The molecule has 0 radical (unpaired) electrons. The van der Waals surface area contributed by atoms with Crippen molar-refractivity contribution >= 4 is 46.5 Å². The molecule has 0 aliphatic rings. The molecule has 90 valence electrons. The molecule has 0 atom stereocenters. The van der Waals surface area contributed by atoms with E-state index in [-0.39, 0.29) is 5.69 Å². The van der Waals surface area contributed by atoms with E-state index in [0.29, 0.717) is 14.3 Å². The highest BCUT2D eigenvalue weighted by molar-refractivity contribution is 8.01. The Labute approximate surface area is 115 Å². The Hall–Kier alpha value is -0.370. The Morgan fingerprint density at radius 2 is 2.06 bits per heavy atom. The van der Waals surface area contributed by atoms with E-state index in [1.165, 1.54) is 11.8 Å². The molecule has 0 saturated carbocycles. The third-order valence-electron chi connectivity index (χ3n) is 1.82. The van der Waals surface area contributed by atoms with Crippen molar-refractivity contribution in [2.45, 2.75) is 15.4 Å². The fraction of sp³-hybridized carbons (Fsp3) is 0.111. The van der Waals surface area contributed by atoms with Gasteiger partial charge in [0.05, 0.1) is 5.02 Å². The summed E-state index contributed by atoms with van der Waals surface area (Å²) >= 11 is 14.1. The molecule has 0 amide bonds. The van der Waals surface area contributed by atoms with Gasteiger partial charge in [-0.15, -0.1) is 5.10 Å². The molecule has 8 heteroatoms. The van der Waals surface area contributed by atoms with Gasteiger partial charge in [0, 0.05) is 9.92 Å². The normalized spacial score (nSPS) is 11.1. The Morgan fingerprint density at radius 1 is 1.29 bits per heavy atom.